The minimum absolute atomic E-state index is 0.0596. The molecule has 0 aromatic heterocycles. The summed E-state index contributed by atoms with van der Waals surface area (Å²) in [5, 5.41) is 3.22. The van der Waals surface area contributed by atoms with Crippen LogP contribution in [0.4, 0.5) is 0 Å². The molecule has 0 spiro atoms. The van der Waals surface area contributed by atoms with Crippen molar-refractivity contribution in [2.45, 2.75) is 32.4 Å². The number of hydrogen-bond donors (Lipinski definition) is 1. The summed E-state index contributed by atoms with van der Waals surface area (Å²) in [6.45, 7) is 6.79. The Morgan fingerprint density at radius 1 is 1.60 bits per heavy atom. The van der Waals surface area contributed by atoms with E-state index in [2.05, 4.69) is 17.1 Å². The number of likely N-dealkylation sites (N-methyl/N-ethyl adjacent to an activating group) is 2. The Morgan fingerprint density at radius 3 is 2.80 bits per heavy atom. The van der Waals surface area contributed by atoms with Gasteiger partial charge in [0.1, 0.15) is 0 Å². The Hall–Kier alpha value is -0.610. The lowest BCUT2D eigenvalue weighted by Gasteiger charge is -2.26. The molecule has 0 aromatic rings. The molecule has 1 amide bonds. The van der Waals surface area contributed by atoms with Crippen LogP contribution in [-0.2, 0) is 4.79 Å². The topological polar surface area (TPSA) is 35.6 Å². The van der Waals surface area contributed by atoms with Crippen molar-refractivity contribution in [2.75, 3.05) is 33.7 Å². The average Bonchev–Trinajstić information content (AvgIpc) is 2.50. The van der Waals surface area contributed by atoms with Gasteiger partial charge in [-0.2, -0.15) is 0 Å². The maximum atomic E-state index is 11.9. The van der Waals surface area contributed by atoms with Crippen molar-refractivity contribution in [3.8, 4) is 0 Å². The van der Waals surface area contributed by atoms with Gasteiger partial charge in [0, 0.05) is 19.1 Å². The van der Waals surface area contributed by atoms with Gasteiger partial charge in [-0.25, -0.2) is 0 Å². The van der Waals surface area contributed by atoms with Crippen LogP contribution in [0.15, 0.2) is 0 Å². The van der Waals surface area contributed by atoms with Crippen molar-refractivity contribution < 1.29 is 4.79 Å². The third kappa shape index (κ3) is 3.18. The summed E-state index contributed by atoms with van der Waals surface area (Å²) in [7, 11) is 4.10. The molecule has 0 aromatic carbocycles. The first-order valence-corrected chi connectivity index (χ1v) is 5.74. The summed E-state index contributed by atoms with van der Waals surface area (Å²) in [5.74, 6) is 0.269. The van der Waals surface area contributed by atoms with Gasteiger partial charge in [-0.3, -0.25) is 4.79 Å². The molecule has 4 heteroatoms. The van der Waals surface area contributed by atoms with Gasteiger partial charge in [0.2, 0.25) is 5.91 Å². The predicted molar refractivity (Wildman–Crippen MR) is 61.8 cm³/mol. The largest absolute Gasteiger partial charge is 0.340 e. The molecule has 0 bridgehead atoms. The Bertz CT molecular complexity index is 218. The molecule has 88 valence electrons. The highest BCUT2D eigenvalue weighted by Gasteiger charge is 2.31. The van der Waals surface area contributed by atoms with Crippen molar-refractivity contribution in [1.82, 2.24) is 15.1 Å². The number of nitrogens with one attached hydrogen (secondary N) is 1. The molecule has 1 aliphatic rings. The van der Waals surface area contributed by atoms with Crippen LogP contribution in [0, 0.1) is 0 Å². The SMILES string of the molecule is CCNC1CCN(CC(C)N(C)C)C1=O. The van der Waals surface area contributed by atoms with Crippen molar-refractivity contribution in [1.29, 1.82) is 0 Å². The fraction of sp³-hybridized carbons (Fsp3) is 0.909. The third-order valence-electron chi connectivity index (χ3n) is 3.11. The predicted octanol–water partition coefficient (Wildman–Crippen LogP) is 0.147. The minimum Gasteiger partial charge on any atom is -0.340 e. The van der Waals surface area contributed by atoms with Crippen LogP contribution in [0.25, 0.3) is 0 Å². The summed E-state index contributed by atoms with van der Waals surface area (Å²) >= 11 is 0. The van der Waals surface area contributed by atoms with E-state index >= 15 is 0 Å². The third-order valence-corrected chi connectivity index (χ3v) is 3.11. The monoisotopic (exact) mass is 213 g/mol. The zero-order chi connectivity index (χ0) is 11.4. The molecule has 15 heavy (non-hydrogen) atoms. The minimum atomic E-state index is 0.0596. The quantitative estimate of drug-likeness (QED) is 0.706. The number of rotatable bonds is 5. The van der Waals surface area contributed by atoms with Crippen molar-refractivity contribution >= 4 is 5.91 Å². The first kappa shape index (κ1) is 12.5. The second kappa shape index (κ2) is 5.47. The fourth-order valence-corrected chi connectivity index (χ4v) is 1.84. The van der Waals surface area contributed by atoms with Gasteiger partial charge in [0.15, 0.2) is 0 Å². The molecule has 0 aliphatic carbocycles. The lowest BCUT2D eigenvalue weighted by atomic mass is 10.2. The number of nitrogens with zero attached hydrogens (tertiary/aromatic N) is 2. The van der Waals surface area contributed by atoms with Gasteiger partial charge < -0.3 is 15.1 Å². The van der Waals surface area contributed by atoms with Crippen LogP contribution < -0.4 is 5.32 Å². The highest BCUT2D eigenvalue weighted by molar-refractivity contribution is 5.84. The Labute approximate surface area is 92.6 Å². The van der Waals surface area contributed by atoms with E-state index in [-0.39, 0.29) is 11.9 Å². The van der Waals surface area contributed by atoms with E-state index in [1.165, 1.54) is 0 Å². The van der Waals surface area contributed by atoms with Crippen molar-refractivity contribution in [3.05, 3.63) is 0 Å². The van der Waals surface area contributed by atoms with Crippen LogP contribution >= 0.6 is 0 Å². The van der Waals surface area contributed by atoms with Gasteiger partial charge in [0.05, 0.1) is 6.04 Å². The molecule has 2 atom stereocenters. The molecule has 4 nitrogen and oxygen atoms in total. The second-order valence-corrected chi connectivity index (χ2v) is 4.50. The molecular formula is C11H23N3O. The molecular weight excluding hydrogens is 190 g/mol. The number of hydrogen-bond acceptors (Lipinski definition) is 3. The summed E-state index contributed by atoms with van der Waals surface area (Å²) in [4.78, 5) is 16.0. The lowest BCUT2D eigenvalue weighted by Crippen LogP contribution is -2.43. The maximum Gasteiger partial charge on any atom is 0.239 e. The summed E-state index contributed by atoms with van der Waals surface area (Å²) in [6.07, 6.45) is 0.951. The molecule has 1 fully saturated rings. The van der Waals surface area contributed by atoms with E-state index in [0.717, 1.165) is 26.1 Å². The summed E-state index contributed by atoms with van der Waals surface area (Å²) in [6, 6.07) is 0.485. The van der Waals surface area contributed by atoms with Crippen LogP contribution in [0.1, 0.15) is 20.3 Å². The molecule has 1 aliphatic heterocycles. The second-order valence-electron chi connectivity index (χ2n) is 4.50. The van der Waals surface area contributed by atoms with Crippen LogP contribution in [-0.4, -0.2) is 61.5 Å². The van der Waals surface area contributed by atoms with Crippen molar-refractivity contribution in [3.63, 3.8) is 0 Å². The van der Waals surface area contributed by atoms with E-state index in [0.29, 0.717) is 6.04 Å². The zero-order valence-electron chi connectivity index (χ0n) is 10.3. The first-order valence-electron chi connectivity index (χ1n) is 5.74. The Kier molecular flexibility index (Phi) is 4.54. The van der Waals surface area contributed by atoms with Crippen molar-refractivity contribution in [2.24, 2.45) is 0 Å². The van der Waals surface area contributed by atoms with Crippen LogP contribution in [0.2, 0.25) is 0 Å². The van der Waals surface area contributed by atoms with Crippen LogP contribution in [0.3, 0.4) is 0 Å². The number of carbonyl (C=O) groups is 1. The summed E-state index contributed by atoms with van der Waals surface area (Å²) in [5.41, 5.74) is 0. The van der Waals surface area contributed by atoms with E-state index in [9.17, 15) is 4.79 Å². The number of likely N-dealkylation sites (tertiary alicyclic amines) is 1. The molecule has 1 saturated heterocycles. The summed E-state index contributed by atoms with van der Waals surface area (Å²) < 4.78 is 0. The van der Waals surface area contributed by atoms with E-state index in [1.807, 2.05) is 25.9 Å². The van der Waals surface area contributed by atoms with Gasteiger partial charge >= 0.3 is 0 Å². The number of carbonyl (C=O) groups excluding carboxylic acids is 1. The van der Waals surface area contributed by atoms with E-state index < -0.39 is 0 Å². The zero-order valence-corrected chi connectivity index (χ0v) is 10.3. The van der Waals surface area contributed by atoms with Gasteiger partial charge in [-0.15, -0.1) is 0 Å². The first-order chi connectivity index (χ1) is 7.06. The molecule has 1 rings (SSSR count). The molecule has 2 unspecified atom stereocenters. The molecule has 1 heterocycles. The van der Waals surface area contributed by atoms with E-state index in [4.69, 9.17) is 0 Å². The Morgan fingerprint density at radius 2 is 2.27 bits per heavy atom. The smallest absolute Gasteiger partial charge is 0.239 e. The molecule has 0 radical (unpaired) electrons. The standard InChI is InChI=1S/C11H23N3O/c1-5-12-10-6-7-14(11(10)15)8-9(2)13(3)4/h9-10,12H,5-8H2,1-4H3. The molecule has 0 saturated carbocycles. The fourth-order valence-electron chi connectivity index (χ4n) is 1.84. The average molecular weight is 213 g/mol. The lowest BCUT2D eigenvalue weighted by molar-refractivity contribution is -0.129. The molecule has 1 N–H and O–H groups in total. The number of amides is 1. The Balaban J connectivity index is 2.42. The van der Waals surface area contributed by atoms with Gasteiger partial charge in [-0.1, -0.05) is 6.92 Å². The van der Waals surface area contributed by atoms with E-state index in [1.54, 1.807) is 0 Å². The normalized spacial score (nSPS) is 23.9. The maximum absolute atomic E-state index is 11.9. The highest BCUT2D eigenvalue weighted by Crippen LogP contribution is 2.12. The van der Waals surface area contributed by atoms with Crippen LogP contribution in [0.5, 0.6) is 0 Å². The van der Waals surface area contributed by atoms with Gasteiger partial charge in [-0.05, 0) is 34.0 Å². The highest BCUT2D eigenvalue weighted by atomic mass is 16.2. The van der Waals surface area contributed by atoms with Gasteiger partial charge in [0.25, 0.3) is 0 Å².